The van der Waals surface area contributed by atoms with E-state index in [-0.39, 0.29) is 42.0 Å². The second-order valence-corrected chi connectivity index (χ2v) is 4.76. The Morgan fingerprint density at radius 1 is 1.21 bits per heavy atom. The predicted octanol–water partition coefficient (Wildman–Crippen LogP) is -2.05. The third kappa shape index (κ3) is 4.49. The van der Waals surface area contributed by atoms with E-state index in [4.69, 9.17) is 0 Å². The monoisotopic (exact) mass is 292 g/mol. The van der Waals surface area contributed by atoms with Gasteiger partial charge >= 0.3 is 35.5 Å². The zero-order valence-electron chi connectivity index (χ0n) is 12.8. The summed E-state index contributed by atoms with van der Waals surface area (Å²) >= 11 is 0. The summed E-state index contributed by atoms with van der Waals surface area (Å²) in [5.41, 5.74) is 5.13. The Bertz CT molecular complexity index is 442. The third-order valence-electron chi connectivity index (χ3n) is 3.44. The van der Waals surface area contributed by atoms with Crippen LogP contribution in [0.1, 0.15) is 66.2 Å². The van der Waals surface area contributed by atoms with Gasteiger partial charge in [-0.15, -0.1) is 0 Å². The van der Waals surface area contributed by atoms with E-state index < -0.39 is 5.97 Å². The van der Waals surface area contributed by atoms with Crippen LogP contribution in [0.15, 0.2) is 6.07 Å². The van der Waals surface area contributed by atoms with Crippen molar-refractivity contribution in [2.24, 2.45) is 0 Å². The second kappa shape index (κ2) is 9.02. The molecule has 102 valence electrons. The van der Waals surface area contributed by atoms with Crippen molar-refractivity contribution in [1.82, 2.24) is 0 Å². The van der Waals surface area contributed by atoms with Crippen molar-refractivity contribution in [3.05, 3.63) is 33.9 Å². The van der Waals surface area contributed by atoms with Crippen LogP contribution in [0, 0.1) is 6.92 Å². The summed E-state index contributed by atoms with van der Waals surface area (Å²) in [5.74, 6) is -0.442. The molecule has 0 aliphatic carbocycles. The number of aromatic carboxylic acids is 1. The van der Waals surface area contributed by atoms with Crippen molar-refractivity contribution in [3.8, 4) is 0 Å². The predicted molar refractivity (Wildman–Crippen MR) is 71.0 cm³/mol. The van der Waals surface area contributed by atoms with Crippen LogP contribution >= 0.6 is 0 Å². The molecule has 0 aliphatic heterocycles. The molecule has 1 rings (SSSR count). The maximum Gasteiger partial charge on any atom is 1.00 e. The fourth-order valence-corrected chi connectivity index (χ4v) is 2.56. The van der Waals surface area contributed by atoms with E-state index in [0.717, 1.165) is 18.4 Å². The molecule has 1 aromatic rings. The number of benzene rings is 1. The van der Waals surface area contributed by atoms with Gasteiger partial charge < -0.3 is 17.5 Å². The van der Waals surface area contributed by atoms with E-state index >= 15 is 0 Å². The Morgan fingerprint density at radius 3 is 2.00 bits per heavy atom. The molecule has 0 bridgehead atoms. The van der Waals surface area contributed by atoms with Gasteiger partial charge in [0, 0.05) is 0 Å². The number of carboxylic acids is 1. The zero-order valence-corrected chi connectivity index (χ0v) is 15.6. The van der Waals surface area contributed by atoms with Crippen molar-refractivity contribution in [2.75, 3.05) is 0 Å². The molecular weight excluding hydrogens is 271 g/mol. The van der Waals surface area contributed by atoms with Crippen molar-refractivity contribution in [1.29, 1.82) is 0 Å². The Kier molecular flexibility index (Phi) is 10.1. The Balaban J connectivity index is 0. The molecule has 0 heterocycles. The average Bonchev–Trinajstić information content (AvgIpc) is 2.27. The quantitative estimate of drug-likeness (QED) is 0.649. The minimum absolute atomic E-state index is 0. The normalized spacial score (nSPS) is 9.79. The van der Waals surface area contributed by atoms with E-state index in [2.05, 4.69) is 27.7 Å². The van der Waals surface area contributed by atoms with E-state index in [1.54, 1.807) is 0 Å². The number of halogens is 1. The Hall–Kier alpha value is -0.0200. The van der Waals surface area contributed by atoms with Crippen LogP contribution in [0.2, 0.25) is 0 Å². The molecule has 1 N–H and O–H groups in total. The smallest absolute Gasteiger partial charge is 1.00 e. The molecule has 0 radical (unpaired) electrons. The van der Waals surface area contributed by atoms with Crippen molar-refractivity contribution in [2.45, 2.75) is 53.4 Å². The molecule has 0 spiro atoms. The van der Waals surface area contributed by atoms with Crippen LogP contribution in [0.3, 0.4) is 0 Å². The topological polar surface area (TPSA) is 37.3 Å². The molecule has 0 aliphatic rings. The summed E-state index contributed by atoms with van der Waals surface area (Å²) in [4.78, 5) is 11.3. The summed E-state index contributed by atoms with van der Waals surface area (Å²) in [6.45, 7) is 10.4. The first-order valence-electron chi connectivity index (χ1n) is 6.32. The standard InChI is InChI=1S/C15H22O2.ClH.Na/c1-6-11-10(5)12(7-2)14(15(16)17)8-13(11)9(3)4;;/h8-9H,6-7H2,1-5H3,(H,16,17);1H;/q;;+1/p-1. The fourth-order valence-electron chi connectivity index (χ4n) is 2.56. The number of hydrogen-bond acceptors (Lipinski definition) is 1. The molecule has 2 nitrogen and oxygen atoms in total. The van der Waals surface area contributed by atoms with Gasteiger partial charge in [0.1, 0.15) is 0 Å². The molecule has 4 heteroatoms. The van der Waals surface area contributed by atoms with Crippen LogP contribution in [0.4, 0.5) is 0 Å². The van der Waals surface area contributed by atoms with Gasteiger partial charge in [-0.25, -0.2) is 4.79 Å². The minimum atomic E-state index is -0.811. The van der Waals surface area contributed by atoms with Crippen LogP contribution in [0.5, 0.6) is 0 Å². The molecule has 0 unspecified atom stereocenters. The van der Waals surface area contributed by atoms with Gasteiger partial charge in [0.25, 0.3) is 0 Å². The molecular formula is C15H22ClNaO2. The van der Waals surface area contributed by atoms with Crippen LogP contribution in [0.25, 0.3) is 0 Å². The minimum Gasteiger partial charge on any atom is -1.00 e. The van der Waals surface area contributed by atoms with Crippen LogP contribution in [-0.2, 0) is 12.8 Å². The first-order valence-corrected chi connectivity index (χ1v) is 6.32. The molecule has 1 aromatic carbocycles. The van der Waals surface area contributed by atoms with Gasteiger partial charge in [0.15, 0.2) is 0 Å². The largest absolute Gasteiger partial charge is 1.00 e. The van der Waals surface area contributed by atoms with E-state index in [0.29, 0.717) is 11.5 Å². The van der Waals surface area contributed by atoms with Crippen LogP contribution < -0.4 is 42.0 Å². The van der Waals surface area contributed by atoms with Gasteiger partial charge in [-0.2, -0.15) is 0 Å². The molecule has 19 heavy (non-hydrogen) atoms. The summed E-state index contributed by atoms with van der Waals surface area (Å²) in [6.07, 6.45) is 1.74. The van der Waals surface area contributed by atoms with Crippen molar-refractivity contribution >= 4 is 5.97 Å². The van der Waals surface area contributed by atoms with Gasteiger partial charge in [0.05, 0.1) is 5.56 Å². The SMILES string of the molecule is CCc1c(C(=O)O)cc(C(C)C)c(CC)c1C.[Cl-].[Na+]. The molecule has 0 aromatic heterocycles. The van der Waals surface area contributed by atoms with Gasteiger partial charge in [-0.3, -0.25) is 0 Å². The molecule has 0 atom stereocenters. The number of carboxylic acid groups (broad SMARTS) is 1. The first-order chi connectivity index (χ1) is 7.93. The summed E-state index contributed by atoms with van der Waals surface area (Å²) in [7, 11) is 0. The fraction of sp³-hybridized carbons (Fsp3) is 0.533. The molecule has 0 fully saturated rings. The number of rotatable bonds is 4. The van der Waals surface area contributed by atoms with Crippen LogP contribution in [-0.4, -0.2) is 11.1 Å². The maximum atomic E-state index is 11.3. The summed E-state index contributed by atoms with van der Waals surface area (Å²) in [5, 5.41) is 9.29. The van der Waals surface area contributed by atoms with Crippen molar-refractivity contribution < 1.29 is 51.9 Å². The molecule has 0 amide bonds. The van der Waals surface area contributed by atoms with Gasteiger partial charge in [-0.1, -0.05) is 27.7 Å². The number of carbonyl (C=O) groups is 1. The molecule has 0 saturated carbocycles. The van der Waals surface area contributed by atoms with Crippen molar-refractivity contribution in [3.63, 3.8) is 0 Å². The Labute approximate surface area is 144 Å². The van der Waals surface area contributed by atoms with E-state index in [9.17, 15) is 9.90 Å². The van der Waals surface area contributed by atoms with E-state index in [1.807, 2.05) is 13.0 Å². The van der Waals surface area contributed by atoms with E-state index in [1.165, 1.54) is 16.7 Å². The third-order valence-corrected chi connectivity index (χ3v) is 3.44. The zero-order chi connectivity index (χ0) is 13.2. The maximum absolute atomic E-state index is 11.3. The molecule has 0 saturated heterocycles. The summed E-state index contributed by atoms with van der Waals surface area (Å²) < 4.78 is 0. The first kappa shape index (κ1) is 21.3. The summed E-state index contributed by atoms with van der Waals surface area (Å²) in [6, 6.07) is 1.87. The van der Waals surface area contributed by atoms with Gasteiger partial charge in [-0.05, 0) is 54.0 Å². The second-order valence-electron chi connectivity index (χ2n) is 4.76. The van der Waals surface area contributed by atoms with Gasteiger partial charge in [0.2, 0.25) is 0 Å². The number of hydrogen-bond donors (Lipinski definition) is 1. The Morgan fingerprint density at radius 2 is 1.68 bits per heavy atom. The average molecular weight is 293 g/mol.